The van der Waals surface area contributed by atoms with Crippen LogP contribution in [-0.2, 0) is 6.54 Å². The molecule has 2 aromatic rings. The molecule has 0 fully saturated rings. The van der Waals surface area contributed by atoms with Crippen LogP contribution in [0.3, 0.4) is 0 Å². The van der Waals surface area contributed by atoms with Gasteiger partial charge in [-0.2, -0.15) is 0 Å². The van der Waals surface area contributed by atoms with Gasteiger partial charge >= 0.3 is 0 Å². The maximum atomic E-state index is 10.9. The lowest BCUT2D eigenvalue weighted by Crippen LogP contribution is -2.02. The number of ether oxygens (including phenoxy) is 1. The molecular formula is C14H14N2O3. The molecule has 2 rings (SSSR count). The third-order valence-electron chi connectivity index (χ3n) is 2.74. The zero-order chi connectivity index (χ0) is 13.7. The quantitative estimate of drug-likeness (QED) is 0.660. The van der Waals surface area contributed by atoms with E-state index >= 15 is 0 Å². The van der Waals surface area contributed by atoms with Crippen molar-refractivity contribution in [1.29, 1.82) is 0 Å². The van der Waals surface area contributed by atoms with Gasteiger partial charge in [-0.05, 0) is 23.8 Å². The lowest BCUT2D eigenvalue weighted by Gasteiger charge is -2.07. The van der Waals surface area contributed by atoms with Crippen molar-refractivity contribution in [2.45, 2.75) is 6.54 Å². The van der Waals surface area contributed by atoms with Crippen LogP contribution in [-0.4, -0.2) is 12.0 Å². The number of nitrogens with zero attached hydrogens (tertiary/aromatic N) is 1. The Hall–Kier alpha value is -2.56. The van der Waals surface area contributed by atoms with Gasteiger partial charge in [-0.15, -0.1) is 0 Å². The van der Waals surface area contributed by atoms with Crippen LogP contribution in [0, 0.1) is 10.1 Å². The smallest absolute Gasteiger partial charge is 0.292 e. The van der Waals surface area contributed by atoms with E-state index in [2.05, 4.69) is 5.32 Å². The van der Waals surface area contributed by atoms with E-state index < -0.39 is 4.92 Å². The highest BCUT2D eigenvalue weighted by atomic mass is 16.6. The fourth-order valence-corrected chi connectivity index (χ4v) is 1.72. The SMILES string of the molecule is COc1ccc(CNc2ccccc2[N+](=O)[O-])cc1. The van der Waals surface area contributed by atoms with Gasteiger partial charge in [0.05, 0.1) is 12.0 Å². The molecule has 1 N–H and O–H groups in total. The molecule has 0 bridgehead atoms. The first-order chi connectivity index (χ1) is 9.20. The van der Waals surface area contributed by atoms with E-state index in [0.717, 1.165) is 11.3 Å². The Kier molecular flexibility index (Phi) is 3.97. The number of methoxy groups -OCH3 is 1. The van der Waals surface area contributed by atoms with Gasteiger partial charge in [-0.1, -0.05) is 24.3 Å². The van der Waals surface area contributed by atoms with Crippen LogP contribution in [0.2, 0.25) is 0 Å². The number of anilines is 1. The molecule has 0 aliphatic rings. The van der Waals surface area contributed by atoms with Gasteiger partial charge in [-0.25, -0.2) is 0 Å². The lowest BCUT2D eigenvalue weighted by atomic mass is 10.2. The minimum absolute atomic E-state index is 0.0796. The van der Waals surface area contributed by atoms with E-state index in [1.165, 1.54) is 6.07 Å². The van der Waals surface area contributed by atoms with Crippen LogP contribution in [0.1, 0.15) is 5.56 Å². The highest BCUT2D eigenvalue weighted by Crippen LogP contribution is 2.23. The van der Waals surface area contributed by atoms with Gasteiger partial charge in [0, 0.05) is 12.6 Å². The van der Waals surface area contributed by atoms with Crippen molar-refractivity contribution in [1.82, 2.24) is 0 Å². The number of nitro benzene ring substituents is 1. The van der Waals surface area contributed by atoms with Gasteiger partial charge < -0.3 is 10.1 Å². The van der Waals surface area contributed by atoms with Crippen molar-refractivity contribution >= 4 is 11.4 Å². The van der Waals surface area contributed by atoms with Crippen LogP contribution < -0.4 is 10.1 Å². The molecule has 0 heterocycles. The van der Waals surface area contributed by atoms with Crippen LogP contribution in [0.5, 0.6) is 5.75 Å². The maximum absolute atomic E-state index is 10.9. The second-order valence-corrected chi connectivity index (χ2v) is 3.98. The number of hydrogen-bond acceptors (Lipinski definition) is 4. The lowest BCUT2D eigenvalue weighted by molar-refractivity contribution is -0.384. The predicted octanol–water partition coefficient (Wildman–Crippen LogP) is 3.22. The molecule has 0 atom stereocenters. The first-order valence-electron chi connectivity index (χ1n) is 5.81. The van der Waals surface area contributed by atoms with Crippen molar-refractivity contribution in [3.63, 3.8) is 0 Å². The molecule has 0 amide bonds. The Morgan fingerprint density at radius 3 is 2.47 bits per heavy atom. The monoisotopic (exact) mass is 258 g/mol. The van der Waals surface area contributed by atoms with Gasteiger partial charge in [0.2, 0.25) is 0 Å². The zero-order valence-electron chi connectivity index (χ0n) is 10.5. The molecule has 0 aliphatic carbocycles. The Morgan fingerprint density at radius 1 is 1.16 bits per heavy atom. The van der Waals surface area contributed by atoms with E-state index in [1.807, 2.05) is 24.3 Å². The molecule has 19 heavy (non-hydrogen) atoms. The first kappa shape index (κ1) is 12.9. The number of para-hydroxylation sites is 2. The van der Waals surface area contributed by atoms with Crippen molar-refractivity contribution < 1.29 is 9.66 Å². The van der Waals surface area contributed by atoms with Crippen molar-refractivity contribution in [2.75, 3.05) is 12.4 Å². The molecule has 0 aromatic heterocycles. The minimum Gasteiger partial charge on any atom is -0.497 e. The first-order valence-corrected chi connectivity index (χ1v) is 5.81. The highest BCUT2D eigenvalue weighted by Gasteiger charge is 2.11. The van der Waals surface area contributed by atoms with Crippen LogP contribution in [0.15, 0.2) is 48.5 Å². The summed E-state index contributed by atoms with van der Waals surface area (Å²) in [6, 6.07) is 14.1. The Morgan fingerprint density at radius 2 is 1.84 bits per heavy atom. The molecule has 0 radical (unpaired) electrons. The number of hydrogen-bond donors (Lipinski definition) is 1. The number of nitro groups is 1. The molecule has 0 spiro atoms. The average Bonchev–Trinajstić information content (AvgIpc) is 2.46. The van der Waals surface area contributed by atoms with Crippen LogP contribution in [0.4, 0.5) is 11.4 Å². The predicted molar refractivity (Wildman–Crippen MR) is 73.4 cm³/mol. The van der Waals surface area contributed by atoms with Crippen molar-refractivity contribution in [2.24, 2.45) is 0 Å². The second-order valence-electron chi connectivity index (χ2n) is 3.98. The fraction of sp³-hybridized carbons (Fsp3) is 0.143. The summed E-state index contributed by atoms with van der Waals surface area (Å²) in [4.78, 5) is 10.5. The second kappa shape index (κ2) is 5.86. The summed E-state index contributed by atoms with van der Waals surface area (Å²) in [5.41, 5.74) is 1.62. The normalized spacial score (nSPS) is 9.95. The summed E-state index contributed by atoms with van der Waals surface area (Å²) in [7, 11) is 1.61. The molecular weight excluding hydrogens is 244 g/mol. The Balaban J connectivity index is 2.07. The van der Waals surface area contributed by atoms with E-state index in [1.54, 1.807) is 25.3 Å². The van der Waals surface area contributed by atoms with E-state index in [4.69, 9.17) is 4.74 Å². The molecule has 0 saturated heterocycles. The van der Waals surface area contributed by atoms with E-state index in [0.29, 0.717) is 12.2 Å². The zero-order valence-corrected chi connectivity index (χ0v) is 10.5. The molecule has 98 valence electrons. The molecule has 5 nitrogen and oxygen atoms in total. The number of rotatable bonds is 5. The van der Waals surface area contributed by atoms with Gasteiger partial charge in [0.1, 0.15) is 11.4 Å². The maximum Gasteiger partial charge on any atom is 0.292 e. The number of benzene rings is 2. The summed E-state index contributed by atoms with van der Waals surface area (Å²) in [5.74, 6) is 0.787. The standard InChI is InChI=1S/C14H14N2O3/c1-19-12-8-6-11(7-9-12)10-15-13-4-2-3-5-14(13)16(17)18/h2-9,15H,10H2,1H3. The summed E-state index contributed by atoms with van der Waals surface area (Å²) in [6.07, 6.45) is 0. The van der Waals surface area contributed by atoms with E-state index in [9.17, 15) is 10.1 Å². The fourth-order valence-electron chi connectivity index (χ4n) is 1.72. The topological polar surface area (TPSA) is 64.4 Å². The molecule has 0 unspecified atom stereocenters. The van der Waals surface area contributed by atoms with Crippen molar-refractivity contribution in [3.05, 3.63) is 64.2 Å². The molecule has 5 heteroatoms. The van der Waals surface area contributed by atoms with Gasteiger partial charge in [0.25, 0.3) is 5.69 Å². The Labute approximate surface area is 111 Å². The summed E-state index contributed by atoms with van der Waals surface area (Å²) in [6.45, 7) is 0.523. The molecule has 0 aliphatic heterocycles. The Bertz CT molecular complexity index is 567. The van der Waals surface area contributed by atoms with E-state index in [-0.39, 0.29) is 5.69 Å². The largest absolute Gasteiger partial charge is 0.497 e. The third kappa shape index (κ3) is 3.22. The summed E-state index contributed by atoms with van der Waals surface area (Å²) in [5, 5.41) is 13.9. The molecule has 2 aromatic carbocycles. The minimum atomic E-state index is -0.393. The van der Waals surface area contributed by atoms with Crippen LogP contribution >= 0.6 is 0 Å². The third-order valence-corrected chi connectivity index (χ3v) is 2.74. The highest BCUT2D eigenvalue weighted by molar-refractivity contribution is 5.61. The summed E-state index contributed by atoms with van der Waals surface area (Å²) >= 11 is 0. The van der Waals surface area contributed by atoms with Gasteiger partial charge in [-0.3, -0.25) is 10.1 Å². The average molecular weight is 258 g/mol. The van der Waals surface area contributed by atoms with Crippen molar-refractivity contribution in [3.8, 4) is 5.75 Å². The van der Waals surface area contributed by atoms with Gasteiger partial charge in [0.15, 0.2) is 0 Å². The molecule has 0 saturated carbocycles. The number of nitrogens with one attached hydrogen (secondary N) is 1. The van der Waals surface area contributed by atoms with Crippen LogP contribution in [0.25, 0.3) is 0 Å². The summed E-state index contributed by atoms with van der Waals surface area (Å²) < 4.78 is 5.07.